The van der Waals surface area contributed by atoms with Gasteiger partial charge in [0.15, 0.2) is 0 Å². The number of carbonyl (C=O) groups is 2. The molecule has 3 rings (SSSR count). The number of carbonyl (C=O) groups excluding carboxylic acids is 2. The molecular weight excluding hydrogens is 395 g/mol. The van der Waals surface area contributed by atoms with E-state index in [-0.39, 0.29) is 30.2 Å². The molecule has 0 aromatic heterocycles. The fourth-order valence-corrected chi connectivity index (χ4v) is 3.82. The fourth-order valence-electron chi connectivity index (χ4n) is 3.82. The van der Waals surface area contributed by atoms with Crippen molar-refractivity contribution in [3.05, 3.63) is 66.0 Å². The summed E-state index contributed by atoms with van der Waals surface area (Å²) in [6.45, 7) is 8.45. The van der Waals surface area contributed by atoms with E-state index in [0.717, 1.165) is 31.7 Å². The van der Waals surface area contributed by atoms with Crippen LogP contribution in [-0.2, 0) is 16.1 Å². The molecule has 2 aromatic rings. The maximum Gasteiger partial charge on any atom is 0.239 e. The lowest BCUT2D eigenvalue weighted by atomic mass is 10.1. The van der Waals surface area contributed by atoms with Gasteiger partial charge in [0.1, 0.15) is 5.82 Å². The highest BCUT2D eigenvalue weighted by Gasteiger charge is 2.28. The average Bonchev–Trinajstić information content (AvgIpc) is 2.79. The van der Waals surface area contributed by atoms with E-state index in [0.29, 0.717) is 18.8 Å². The molecule has 166 valence electrons. The molecule has 1 aliphatic rings. The van der Waals surface area contributed by atoms with Crippen molar-refractivity contribution in [3.8, 4) is 0 Å². The normalized spacial score (nSPS) is 16.0. The van der Waals surface area contributed by atoms with Gasteiger partial charge in [-0.05, 0) is 43.7 Å². The van der Waals surface area contributed by atoms with E-state index in [1.807, 2.05) is 49.1 Å². The van der Waals surface area contributed by atoms with Crippen molar-refractivity contribution in [3.63, 3.8) is 0 Å². The summed E-state index contributed by atoms with van der Waals surface area (Å²) in [6, 6.07) is 15.6. The van der Waals surface area contributed by atoms with Crippen LogP contribution in [0.15, 0.2) is 54.6 Å². The Morgan fingerprint density at radius 1 is 1.03 bits per heavy atom. The summed E-state index contributed by atoms with van der Waals surface area (Å²) in [4.78, 5) is 31.5. The molecule has 0 spiro atoms. The lowest BCUT2D eigenvalue weighted by Gasteiger charge is -2.38. The predicted octanol–water partition coefficient (Wildman–Crippen LogP) is 2.82. The summed E-state index contributed by atoms with van der Waals surface area (Å²) in [5.74, 6) is -0.318. The summed E-state index contributed by atoms with van der Waals surface area (Å²) in [7, 11) is 0. The minimum absolute atomic E-state index is 0.121. The Morgan fingerprint density at radius 3 is 2.29 bits per heavy atom. The first kappa shape index (κ1) is 22.9. The lowest BCUT2D eigenvalue weighted by Crippen LogP contribution is -2.55. The second kappa shape index (κ2) is 11.0. The monoisotopic (exact) mass is 426 g/mol. The fraction of sp³-hybridized carbons (Fsp3) is 0.417. The topological polar surface area (TPSA) is 55.9 Å². The number of nitrogens with zero attached hydrogens (tertiary/aromatic N) is 3. The summed E-state index contributed by atoms with van der Waals surface area (Å²) in [5.41, 5.74) is 1.71. The lowest BCUT2D eigenvalue weighted by molar-refractivity contribution is -0.137. The Balaban J connectivity index is 1.46. The number of piperazine rings is 1. The predicted molar refractivity (Wildman–Crippen MR) is 120 cm³/mol. The Labute approximate surface area is 183 Å². The van der Waals surface area contributed by atoms with Gasteiger partial charge in [-0.3, -0.25) is 19.4 Å². The maximum absolute atomic E-state index is 13.0. The van der Waals surface area contributed by atoms with Crippen LogP contribution in [0.4, 0.5) is 10.1 Å². The van der Waals surface area contributed by atoms with Gasteiger partial charge < -0.3 is 10.2 Å². The van der Waals surface area contributed by atoms with Gasteiger partial charge in [0.2, 0.25) is 11.8 Å². The third-order valence-electron chi connectivity index (χ3n) is 5.72. The van der Waals surface area contributed by atoms with Gasteiger partial charge in [-0.25, -0.2) is 4.39 Å². The van der Waals surface area contributed by atoms with Crippen molar-refractivity contribution in [2.24, 2.45) is 0 Å². The van der Waals surface area contributed by atoms with Crippen LogP contribution in [0.3, 0.4) is 0 Å². The van der Waals surface area contributed by atoms with Gasteiger partial charge in [-0.15, -0.1) is 0 Å². The molecular formula is C24H31FN4O2. The maximum atomic E-state index is 13.0. The van der Waals surface area contributed by atoms with E-state index in [2.05, 4.69) is 15.1 Å². The summed E-state index contributed by atoms with van der Waals surface area (Å²) in [5, 5.41) is 2.79. The molecule has 7 heteroatoms. The largest absolute Gasteiger partial charge is 0.337 e. The number of likely N-dealkylation sites (N-methyl/N-ethyl adjacent to an activating group) is 1. The van der Waals surface area contributed by atoms with Crippen molar-refractivity contribution in [1.29, 1.82) is 0 Å². The van der Waals surface area contributed by atoms with Gasteiger partial charge in [0, 0.05) is 45.0 Å². The van der Waals surface area contributed by atoms with E-state index in [1.165, 1.54) is 12.1 Å². The van der Waals surface area contributed by atoms with Crippen molar-refractivity contribution in [2.75, 3.05) is 44.6 Å². The standard InChI is InChI=1S/C24H31FN4O2/c1-3-28(17-20-7-5-4-6-8-20)24(31)19(2)29-15-13-27(14-16-29)18-23(30)26-22-11-9-21(25)10-12-22/h4-12,19H,3,13-18H2,1-2H3,(H,26,30)/t19-/m0/s1. The first-order valence-electron chi connectivity index (χ1n) is 10.8. The number of nitrogens with one attached hydrogen (secondary N) is 1. The second-order valence-electron chi connectivity index (χ2n) is 7.88. The van der Waals surface area contributed by atoms with Crippen molar-refractivity contribution in [2.45, 2.75) is 26.4 Å². The van der Waals surface area contributed by atoms with Crippen LogP contribution in [0, 0.1) is 5.82 Å². The first-order valence-corrected chi connectivity index (χ1v) is 10.8. The van der Waals surface area contributed by atoms with Crippen LogP contribution in [0.25, 0.3) is 0 Å². The smallest absolute Gasteiger partial charge is 0.239 e. The highest BCUT2D eigenvalue weighted by molar-refractivity contribution is 5.92. The number of anilines is 1. The van der Waals surface area contributed by atoms with Gasteiger partial charge in [-0.2, -0.15) is 0 Å². The van der Waals surface area contributed by atoms with E-state index in [1.54, 1.807) is 12.1 Å². The molecule has 6 nitrogen and oxygen atoms in total. The average molecular weight is 427 g/mol. The molecule has 1 saturated heterocycles. The van der Waals surface area contributed by atoms with Crippen molar-refractivity contribution >= 4 is 17.5 Å². The number of hydrogen-bond donors (Lipinski definition) is 1. The SMILES string of the molecule is CCN(Cc1ccccc1)C(=O)[C@H](C)N1CCN(CC(=O)Nc2ccc(F)cc2)CC1. The summed E-state index contributed by atoms with van der Waals surface area (Å²) < 4.78 is 13.0. The molecule has 0 unspecified atom stereocenters. The van der Waals surface area contributed by atoms with Gasteiger partial charge in [0.25, 0.3) is 0 Å². The van der Waals surface area contributed by atoms with Crippen LogP contribution in [0.5, 0.6) is 0 Å². The van der Waals surface area contributed by atoms with Gasteiger partial charge in [0.05, 0.1) is 12.6 Å². The minimum atomic E-state index is -0.330. The number of hydrogen-bond acceptors (Lipinski definition) is 4. The molecule has 1 fully saturated rings. The molecule has 1 N–H and O–H groups in total. The zero-order valence-electron chi connectivity index (χ0n) is 18.3. The van der Waals surface area contributed by atoms with E-state index >= 15 is 0 Å². The summed E-state index contributed by atoms with van der Waals surface area (Å²) in [6.07, 6.45) is 0. The van der Waals surface area contributed by atoms with Crippen LogP contribution < -0.4 is 5.32 Å². The molecule has 1 atom stereocenters. The molecule has 2 aromatic carbocycles. The second-order valence-corrected chi connectivity index (χ2v) is 7.88. The highest BCUT2D eigenvalue weighted by Crippen LogP contribution is 2.13. The molecule has 31 heavy (non-hydrogen) atoms. The van der Waals surface area contributed by atoms with Crippen molar-refractivity contribution < 1.29 is 14.0 Å². The van der Waals surface area contributed by atoms with Crippen LogP contribution in [-0.4, -0.2) is 71.8 Å². The van der Waals surface area contributed by atoms with E-state index in [9.17, 15) is 14.0 Å². The molecule has 0 radical (unpaired) electrons. The number of amides is 2. The van der Waals surface area contributed by atoms with E-state index in [4.69, 9.17) is 0 Å². The number of benzene rings is 2. The van der Waals surface area contributed by atoms with Gasteiger partial charge in [-0.1, -0.05) is 30.3 Å². The third kappa shape index (κ3) is 6.60. The van der Waals surface area contributed by atoms with Crippen LogP contribution in [0.2, 0.25) is 0 Å². The molecule has 0 aliphatic carbocycles. The minimum Gasteiger partial charge on any atom is -0.337 e. The molecule has 0 bridgehead atoms. The Kier molecular flexibility index (Phi) is 8.14. The Bertz CT molecular complexity index is 852. The molecule has 0 saturated carbocycles. The molecule has 1 aliphatic heterocycles. The zero-order chi connectivity index (χ0) is 22.2. The first-order chi connectivity index (χ1) is 15.0. The quantitative estimate of drug-likeness (QED) is 0.705. The third-order valence-corrected chi connectivity index (χ3v) is 5.72. The molecule has 1 heterocycles. The zero-order valence-corrected chi connectivity index (χ0v) is 18.3. The van der Waals surface area contributed by atoms with E-state index < -0.39 is 0 Å². The summed E-state index contributed by atoms with van der Waals surface area (Å²) >= 11 is 0. The Morgan fingerprint density at radius 2 is 1.68 bits per heavy atom. The number of rotatable bonds is 8. The van der Waals surface area contributed by atoms with Crippen molar-refractivity contribution in [1.82, 2.24) is 14.7 Å². The van der Waals surface area contributed by atoms with Gasteiger partial charge >= 0.3 is 0 Å². The molecule has 2 amide bonds. The number of halogens is 1. The van der Waals surface area contributed by atoms with Crippen LogP contribution in [0.1, 0.15) is 19.4 Å². The van der Waals surface area contributed by atoms with Crippen LogP contribution >= 0.6 is 0 Å². The Hall–Kier alpha value is -2.77. The highest BCUT2D eigenvalue weighted by atomic mass is 19.1.